The summed E-state index contributed by atoms with van der Waals surface area (Å²) in [6.07, 6.45) is 1.34. The standard InChI is InChI=1S/C9H14O2/c1-4-9(5-2)7(10)6(3)8(9)11/h6H,4-5H2,1-3H3. The molecule has 0 spiro atoms. The van der Waals surface area contributed by atoms with Gasteiger partial charge in [-0.1, -0.05) is 13.8 Å². The van der Waals surface area contributed by atoms with Crippen LogP contribution in [0.4, 0.5) is 0 Å². The Labute approximate surface area is 67.0 Å². The molecular formula is C9H14O2. The quantitative estimate of drug-likeness (QED) is 0.566. The third-order valence-corrected chi connectivity index (χ3v) is 2.94. The average molecular weight is 154 g/mol. The lowest BCUT2D eigenvalue weighted by Gasteiger charge is -2.41. The first-order valence-electron chi connectivity index (χ1n) is 4.18. The second-order valence-corrected chi connectivity index (χ2v) is 3.24. The van der Waals surface area contributed by atoms with E-state index in [0.29, 0.717) is 12.8 Å². The van der Waals surface area contributed by atoms with Crippen molar-refractivity contribution in [1.29, 1.82) is 0 Å². The van der Waals surface area contributed by atoms with Crippen LogP contribution in [0.25, 0.3) is 0 Å². The third kappa shape index (κ3) is 0.784. The number of ketones is 2. The van der Waals surface area contributed by atoms with Crippen molar-refractivity contribution in [3.63, 3.8) is 0 Å². The maximum atomic E-state index is 11.3. The molecular weight excluding hydrogens is 140 g/mol. The van der Waals surface area contributed by atoms with Gasteiger partial charge in [0.2, 0.25) is 0 Å². The summed E-state index contributed by atoms with van der Waals surface area (Å²) in [6.45, 7) is 5.52. The smallest absolute Gasteiger partial charge is 0.156 e. The minimum Gasteiger partial charge on any atom is -0.298 e. The first kappa shape index (κ1) is 8.44. The summed E-state index contributed by atoms with van der Waals surface area (Å²) in [4.78, 5) is 22.7. The van der Waals surface area contributed by atoms with Crippen LogP contribution in [0.1, 0.15) is 33.6 Å². The van der Waals surface area contributed by atoms with Crippen molar-refractivity contribution in [2.24, 2.45) is 11.3 Å². The Morgan fingerprint density at radius 2 is 1.55 bits per heavy atom. The molecule has 1 saturated carbocycles. The molecule has 0 aromatic carbocycles. The van der Waals surface area contributed by atoms with Crippen molar-refractivity contribution in [2.75, 3.05) is 0 Å². The number of Topliss-reactive ketones (excluding diaryl/α,β-unsaturated/α-hetero) is 2. The summed E-state index contributed by atoms with van der Waals surface area (Å²) in [5.41, 5.74) is -0.584. The molecule has 0 unspecified atom stereocenters. The van der Waals surface area contributed by atoms with Gasteiger partial charge in [-0.2, -0.15) is 0 Å². The fraction of sp³-hybridized carbons (Fsp3) is 0.778. The van der Waals surface area contributed by atoms with Gasteiger partial charge in [0.1, 0.15) is 0 Å². The first-order valence-corrected chi connectivity index (χ1v) is 4.18. The van der Waals surface area contributed by atoms with Gasteiger partial charge >= 0.3 is 0 Å². The Kier molecular flexibility index (Phi) is 1.87. The van der Waals surface area contributed by atoms with Crippen LogP contribution >= 0.6 is 0 Å². The molecule has 0 heterocycles. The van der Waals surface area contributed by atoms with Crippen molar-refractivity contribution in [2.45, 2.75) is 33.6 Å². The van der Waals surface area contributed by atoms with Gasteiger partial charge in [0.05, 0.1) is 11.3 Å². The zero-order chi connectivity index (χ0) is 8.65. The van der Waals surface area contributed by atoms with Crippen molar-refractivity contribution in [3.05, 3.63) is 0 Å². The largest absolute Gasteiger partial charge is 0.298 e. The summed E-state index contributed by atoms with van der Waals surface area (Å²) >= 11 is 0. The molecule has 0 aromatic rings. The van der Waals surface area contributed by atoms with E-state index in [1.54, 1.807) is 6.92 Å². The van der Waals surface area contributed by atoms with Crippen LogP contribution in [0.15, 0.2) is 0 Å². The Bertz CT molecular complexity index is 184. The molecule has 0 bridgehead atoms. The molecule has 11 heavy (non-hydrogen) atoms. The highest BCUT2D eigenvalue weighted by atomic mass is 16.2. The predicted molar refractivity (Wildman–Crippen MR) is 42.2 cm³/mol. The SMILES string of the molecule is CCC1(CC)C(=O)C(C)C1=O. The molecule has 0 saturated heterocycles. The number of hydrogen-bond acceptors (Lipinski definition) is 2. The summed E-state index contributed by atoms with van der Waals surface area (Å²) < 4.78 is 0. The van der Waals surface area contributed by atoms with E-state index in [1.165, 1.54) is 0 Å². The molecule has 62 valence electrons. The Morgan fingerprint density at radius 1 is 1.18 bits per heavy atom. The highest BCUT2D eigenvalue weighted by Gasteiger charge is 2.56. The monoisotopic (exact) mass is 154 g/mol. The van der Waals surface area contributed by atoms with Crippen LogP contribution < -0.4 is 0 Å². The minimum absolute atomic E-state index is 0.146. The van der Waals surface area contributed by atoms with Crippen LogP contribution in [0.3, 0.4) is 0 Å². The van der Waals surface area contributed by atoms with Crippen LogP contribution in [0.2, 0.25) is 0 Å². The molecule has 2 heteroatoms. The summed E-state index contributed by atoms with van der Waals surface area (Å²) in [6, 6.07) is 0. The molecule has 2 nitrogen and oxygen atoms in total. The van der Waals surface area contributed by atoms with Gasteiger partial charge in [0, 0.05) is 0 Å². The first-order chi connectivity index (χ1) is 5.10. The third-order valence-electron chi connectivity index (χ3n) is 2.94. The van der Waals surface area contributed by atoms with E-state index in [1.807, 2.05) is 13.8 Å². The Balaban J connectivity index is 2.88. The highest BCUT2D eigenvalue weighted by Crippen LogP contribution is 2.43. The maximum absolute atomic E-state index is 11.3. The van der Waals surface area contributed by atoms with Crippen LogP contribution in [-0.2, 0) is 9.59 Å². The molecule has 0 amide bonds. The lowest BCUT2D eigenvalue weighted by Crippen LogP contribution is -2.56. The zero-order valence-corrected chi connectivity index (χ0v) is 7.31. The maximum Gasteiger partial charge on any atom is 0.156 e. The van der Waals surface area contributed by atoms with E-state index in [4.69, 9.17) is 0 Å². The molecule has 0 radical (unpaired) electrons. The average Bonchev–Trinajstić information content (AvgIpc) is 2.06. The molecule has 0 aliphatic heterocycles. The fourth-order valence-corrected chi connectivity index (χ4v) is 1.94. The minimum atomic E-state index is -0.584. The number of rotatable bonds is 2. The molecule has 1 fully saturated rings. The van der Waals surface area contributed by atoms with E-state index in [9.17, 15) is 9.59 Å². The van der Waals surface area contributed by atoms with Gasteiger partial charge in [-0.15, -0.1) is 0 Å². The van der Waals surface area contributed by atoms with Crippen LogP contribution in [0.5, 0.6) is 0 Å². The van der Waals surface area contributed by atoms with Gasteiger partial charge in [0.25, 0.3) is 0 Å². The molecule has 0 aromatic heterocycles. The van der Waals surface area contributed by atoms with Crippen molar-refractivity contribution in [1.82, 2.24) is 0 Å². The van der Waals surface area contributed by atoms with E-state index in [0.717, 1.165) is 0 Å². The predicted octanol–water partition coefficient (Wildman–Crippen LogP) is 1.58. The van der Waals surface area contributed by atoms with E-state index in [2.05, 4.69) is 0 Å². The fourth-order valence-electron chi connectivity index (χ4n) is 1.94. The number of hydrogen-bond donors (Lipinski definition) is 0. The van der Waals surface area contributed by atoms with Gasteiger partial charge in [-0.25, -0.2) is 0 Å². The van der Waals surface area contributed by atoms with Crippen molar-refractivity contribution in [3.8, 4) is 0 Å². The van der Waals surface area contributed by atoms with Gasteiger partial charge in [0.15, 0.2) is 11.6 Å². The van der Waals surface area contributed by atoms with Crippen LogP contribution in [-0.4, -0.2) is 11.6 Å². The second kappa shape index (κ2) is 2.43. The van der Waals surface area contributed by atoms with Gasteiger partial charge in [-0.3, -0.25) is 9.59 Å². The van der Waals surface area contributed by atoms with E-state index >= 15 is 0 Å². The van der Waals surface area contributed by atoms with Gasteiger partial charge < -0.3 is 0 Å². The Morgan fingerprint density at radius 3 is 1.73 bits per heavy atom. The second-order valence-electron chi connectivity index (χ2n) is 3.24. The lowest BCUT2D eigenvalue weighted by atomic mass is 9.57. The zero-order valence-electron chi connectivity index (χ0n) is 7.31. The van der Waals surface area contributed by atoms with Gasteiger partial charge in [-0.05, 0) is 19.8 Å². The summed E-state index contributed by atoms with van der Waals surface area (Å²) in [5.74, 6) is -0.0325. The molecule has 1 aliphatic carbocycles. The summed E-state index contributed by atoms with van der Waals surface area (Å²) in [5, 5.41) is 0. The highest BCUT2D eigenvalue weighted by molar-refractivity contribution is 6.26. The van der Waals surface area contributed by atoms with E-state index < -0.39 is 5.41 Å². The number of carbonyl (C=O) groups is 2. The molecule has 0 N–H and O–H groups in total. The van der Waals surface area contributed by atoms with Crippen molar-refractivity contribution < 1.29 is 9.59 Å². The lowest BCUT2D eigenvalue weighted by molar-refractivity contribution is -0.160. The Hall–Kier alpha value is -0.660. The van der Waals surface area contributed by atoms with Crippen molar-refractivity contribution >= 4 is 11.6 Å². The molecule has 1 aliphatic rings. The topological polar surface area (TPSA) is 34.1 Å². The normalized spacial score (nSPS) is 23.5. The number of carbonyl (C=O) groups excluding carboxylic acids is 2. The van der Waals surface area contributed by atoms with Crippen LogP contribution in [0, 0.1) is 11.3 Å². The molecule has 1 rings (SSSR count). The molecule has 0 atom stereocenters. The summed E-state index contributed by atoms with van der Waals surface area (Å²) in [7, 11) is 0. The van der Waals surface area contributed by atoms with E-state index in [-0.39, 0.29) is 17.5 Å².